The van der Waals surface area contributed by atoms with Crippen LogP contribution < -0.4 is 10.0 Å². The van der Waals surface area contributed by atoms with Crippen LogP contribution in [-0.4, -0.2) is 21.5 Å². The number of rotatable bonds is 4. The normalized spacial score (nSPS) is 11.8. The number of benzene rings is 1. The number of aryl methyl sites for hydroxylation is 1. The van der Waals surface area contributed by atoms with Crippen molar-refractivity contribution >= 4 is 15.7 Å². The lowest BCUT2D eigenvalue weighted by Gasteiger charge is -2.14. The van der Waals surface area contributed by atoms with Crippen LogP contribution in [0.4, 0.5) is 5.69 Å². The summed E-state index contributed by atoms with van der Waals surface area (Å²) in [5.74, 6) is 0. The van der Waals surface area contributed by atoms with E-state index in [0.29, 0.717) is 0 Å². The molecule has 1 rings (SSSR count). The van der Waals surface area contributed by atoms with Crippen molar-refractivity contribution in [3.05, 3.63) is 23.8 Å². The van der Waals surface area contributed by atoms with Crippen LogP contribution in [0.2, 0.25) is 0 Å². The molecule has 0 aliphatic heterocycles. The highest BCUT2D eigenvalue weighted by Gasteiger charge is 2.12. The van der Waals surface area contributed by atoms with Crippen molar-refractivity contribution in [2.45, 2.75) is 31.7 Å². The highest BCUT2D eigenvalue weighted by Crippen LogP contribution is 2.20. The van der Waals surface area contributed by atoms with Crippen LogP contribution in [-0.2, 0) is 10.0 Å². The van der Waals surface area contributed by atoms with E-state index in [1.54, 1.807) is 18.2 Å². The maximum absolute atomic E-state index is 11.6. The minimum absolute atomic E-state index is 0.270. The number of hydrogen-bond acceptors (Lipinski definition) is 3. The monoisotopic (exact) mass is 242 g/mol. The Morgan fingerprint density at radius 1 is 1.25 bits per heavy atom. The molecule has 0 saturated carbocycles. The van der Waals surface area contributed by atoms with E-state index < -0.39 is 10.0 Å². The molecule has 2 N–H and O–H groups in total. The van der Waals surface area contributed by atoms with Gasteiger partial charge in [0.2, 0.25) is 10.0 Å². The third-order valence-electron chi connectivity index (χ3n) is 2.23. The Hall–Kier alpha value is -1.07. The molecule has 1 aromatic rings. The summed E-state index contributed by atoms with van der Waals surface area (Å²) in [7, 11) is -1.96. The molecule has 0 spiro atoms. The van der Waals surface area contributed by atoms with E-state index in [1.165, 1.54) is 7.05 Å². The van der Waals surface area contributed by atoms with Gasteiger partial charge in [0.05, 0.1) is 4.90 Å². The van der Waals surface area contributed by atoms with Crippen molar-refractivity contribution in [3.63, 3.8) is 0 Å². The minimum Gasteiger partial charge on any atom is -0.383 e. The molecule has 0 unspecified atom stereocenters. The van der Waals surface area contributed by atoms with E-state index in [9.17, 15) is 8.42 Å². The molecular formula is C11H18N2O2S. The molecule has 0 aromatic heterocycles. The lowest BCUT2D eigenvalue weighted by atomic mass is 10.2. The van der Waals surface area contributed by atoms with Gasteiger partial charge in [-0.1, -0.05) is 6.07 Å². The molecule has 0 aliphatic rings. The van der Waals surface area contributed by atoms with Crippen LogP contribution in [0.3, 0.4) is 0 Å². The van der Waals surface area contributed by atoms with Gasteiger partial charge in [0.25, 0.3) is 0 Å². The minimum atomic E-state index is -3.36. The number of sulfonamides is 1. The van der Waals surface area contributed by atoms with E-state index in [4.69, 9.17) is 0 Å². The number of hydrogen-bond donors (Lipinski definition) is 2. The Bertz CT molecular complexity index is 467. The van der Waals surface area contributed by atoms with Gasteiger partial charge < -0.3 is 5.32 Å². The standard InChI is InChI=1S/C11H18N2O2S/c1-8(2)13-11-7-10(6-5-9(11)3)16(14,15)12-4/h5-8,12-13H,1-4H3. The molecule has 16 heavy (non-hydrogen) atoms. The van der Waals surface area contributed by atoms with E-state index in [2.05, 4.69) is 10.0 Å². The zero-order valence-corrected chi connectivity index (χ0v) is 10.9. The molecule has 0 atom stereocenters. The molecule has 0 heterocycles. The first kappa shape index (κ1) is 13.0. The average Bonchev–Trinajstić information content (AvgIpc) is 2.20. The molecular weight excluding hydrogens is 224 g/mol. The van der Waals surface area contributed by atoms with E-state index in [-0.39, 0.29) is 10.9 Å². The lowest BCUT2D eigenvalue weighted by molar-refractivity contribution is 0.588. The largest absolute Gasteiger partial charge is 0.383 e. The van der Waals surface area contributed by atoms with E-state index in [1.807, 2.05) is 20.8 Å². The predicted molar refractivity (Wildman–Crippen MR) is 66.2 cm³/mol. The molecule has 5 heteroatoms. The van der Waals surface area contributed by atoms with Gasteiger partial charge in [-0.2, -0.15) is 0 Å². The average molecular weight is 242 g/mol. The maximum Gasteiger partial charge on any atom is 0.240 e. The van der Waals surface area contributed by atoms with Gasteiger partial charge in [0.1, 0.15) is 0 Å². The van der Waals surface area contributed by atoms with Crippen molar-refractivity contribution in [1.82, 2.24) is 4.72 Å². The van der Waals surface area contributed by atoms with Gasteiger partial charge in [-0.15, -0.1) is 0 Å². The first-order valence-electron chi connectivity index (χ1n) is 5.17. The number of nitrogens with one attached hydrogen (secondary N) is 2. The molecule has 90 valence electrons. The fraction of sp³-hybridized carbons (Fsp3) is 0.455. The van der Waals surface area contributed by atoms with Crippen molar-refractivity contribution < 1.29 is 8.42 Å². The fourth-order valence-corrected chi connectivity index (χ4v) is 2.11. The molecule has 0 bridgehead atoms. The summed E-state index contributed by atoms with van der Waals surface area (Å²) in [5, 5.41) is 3.22. The highest BCUT2D eigenvalue weighted by atomic mass is 32.2. The van der Waals surface area contributed by atoms with Gasteiger partial charge in [0, 0.05) is 11.7 Å². The van der Waals surface area contributed by atoms with Gasteiger partial charge in [-0.05, 0) is 45.5 Å². The van der Waals surface area contributed by atoms with Gasteiger partial charge in [0.15, 0.2) is 0 Å². The Morgan fingerprint density at radius 2 is 1.88 bits per heavy atom. The summed E-state index contributed by atoms with van der Waals surface area (Å²) in [4.78, 5) is 0.281. The summed E-state index contributed by atoms with van der Waals surface area (Å²) in [6.45, 7) is 5.97. The van der Waals surface area contributed by atoms with Crippen molar-refractivity contribution in [2.75, 3.05) is 12.4 Å². The van der Waals surface area contributed by atoms with Crippen LogP contribution in [0.15, 0.2) is 23.1 Å². The zero-order chi connectivity index (χ0) is 12.3. The molecule has 0 radical (unpaired) electrons. The Labute approximate surface area is 97.1 Å². The summed E-state index contributed by atoms with van der Waals surface area (Å²) in [5.41, 5.74) is 1.88. The lowest BCUT2D eigenvalue weighted by Crippen LogP contribution is -2.19. The van der Waals surface area contributed by atoms with Crippen LogP contribution in [0.5, 0.6) is 0 Å². The van der Waals surface area contributed by atoms with Gasteiger partial charge in [-0.3, -0.25) is 0 Å². The number of anilines is 1. The Balaban J connectivity index is 3.17. The van der Waals surface area contributed by atoms with E-state index >= 15 is 0 Å². The van der Waals surface area contributed by atoms with Crippen molar-refractivity contribution in [2.24, 2.45) is 0 Å². The second-order valence-electron chi connectivity index (χ2n) is 3.98. The summed E-state index contributed by atoms with van der Waals surface area (Å²) in [6, 6.07) is 5.33. The van der Waals surface area contributed by atoms with Crippen molar-refractivity contribution in [1.29, 1.82) is 0 Å². The molecule has 0 aliphatic carbocycles. The van der Waals surface area contributed by atoms with E-state index in [0.717, 1.165) is 11.3 Å². The third-order valence-corrected chi connectivity index (χ3v) is 3.64. The molecule has 0 saturated heterocycles. The fourth-order valence-electron chi connectivity index (χ4n) is 1.35. The van der Waals surface area contributed by atoms with Crippen LogP contribution in [0.25, 0.3) is 0 Å². The van der Waals surface area contributed by atoms with Crippen LogP contribution in [0, 0.1) is 6.92 Å². The summed E-state index contributed by atoms with van der Waals surface area (Å²) < 4.78 is 25.5. The molecule has 4 nitrogen and oxygen atoms in total. The summed E-state index contributed by atoms with van der Waals surface area (Å²) >= 11 is 0. The Morgan fingerprint density at radius 3 is 2.38 bits per heavy atom. The molecule has 0 fully saturated rings. The quantitative estimate of drug-likeness (QED) is 0.845. The molecule has 0 amide bonds. The second-order valence-corrected chi connectivity index (χ2v) is 5.87. The smallest absolute Gasteiger partial charge is 0.240 e. The van der Waals surface area contributed by atoms with Crippen LogP contribution in [0.1, 0.15) is 19.4 Å². The topological polar surface area (TPSA) is 58.2 Å². The van der Waals surface area contributed by atoms with Crippen LogP contribution >= 0.6 is 0 Å². The third kappa shape index (κ3) is 2.96. The van der Waals surface area contributed by atoms with Gasteiger partial charge in [-0.25, -0.2) is 13.1 Å². The highest BCUT2D eigenvalue weighted by molar-refractivity contribution is 7.89. The Kier molecular flexibility index (Phi) is 3.93. The zero-order valence-electron chi connectivity index (χ0n) is 10.0. The first-order valence-corrected chi connectivity index (χ1v) is 6.66. The SMILES string of the molecule is CNS(=O)(=O)c1ccc(C)c(NC(C)C)c1. The summed E-state index contributed by atoms with van der Waals surface area (Å²) in [6.07, 6.45) is 0. The molecule has 1 aromatic carbocycles. The maximum atomic E-state index is 11.6. The first-order chi connectivity index (χ1) is 7.36. The van der Waals surface area contributed by atoms with Crippen molar-refractivity contribution in [3.8, 4) is 0 Å². The van der Waals surface area contributed by atoms with Gasteiger partial charge >= 0.3 is 0 Å². The predicted octanol–water partition coefficient (Wildman–Crippen LogP) is 1.72. The second kappa shape index (κ2) is 4.84.